The molecular formula is C13H20O3. The highest BCUT2D eigenvalue weighted by molar-refractivity contribution is 6.04. The third-order valence-electron chi connectivity index (χ3n) is 2.15. The van der Waals surface area contributed by atoms with Crippen LogP contribution < -0.4 is 0 Å². The monoisotopic (exact) mass is 224 g/mol. The van der Waals surface area contributed by atoms with E-state index in [0.717, 1.165) is 12.8 Å². The lowest BCUT2D eigenvalue weighted by Gasteiger charge is -2.11. The van der Waals surface area contributed by atoms with Crippen LogP contribution >= 0.6 is 0 Å². The SMILES string of the molecule is C=CCOC(=O)C(CCCC)C(=O)C=CC. The van der Waals surface area contributed by atoms with Crippen LogP contribution in [0, 0.1) is 5.92 Å². The summed E-state index contributed by atoms with van der Waals surface area (Å²) in [6.07, 6.45) is 6.91. The van der Waals surface area contributed by atoms with Crippen LogP contribution in [0.2, 0.25) is 0 Å². The van der Waals surface area contributed by atoms with Gasteiger partial charge in [-0.1, -0.05) is 38.5 Å². The highest BCUT2D eigenvalue weighted by Gasteiger charge is 2.25. The molecule has 0 heterocycles. The van der Waals surface area contributed by atoms with E-state index in [4.69, 9.17) is 4.74 Å². The van der Waals surface area contributed by atoms with Crippen molar-refractivity contribution in [1.82, 2.24) is 0 Å². The van der Waals surface area contributed by atoms with Gasteiger partial charge in [0.15, 0.2) is 5.78 Å². The van der Waals surface area contributed by atoms with E-state index < -0.39 is 11.9 Å². The van der Waals surface area contributed by atoms with Gasteiger partial charge >= 0.3 is 5.97 Å². The molecule has 0 aliphatic carbocycles. The average Bonchev–Trinajstić information content (AvgIpc) is 2.27. The van der Waals surface area contributed by atoms with E-state index in [0.29, 0.717) is 6.42 Å². The standard InChI is InChI=1S/C13H20O3/c1-4-7-9-11(12(14)8-5-2)13(15)16-10-6-3/h5-6,8,11H,3-4,7,9-10H2,1-2H3. The number of hydrogen-bond donors (Lipinski definition) is 0. The summed E-state index contributed by atoms with van der Waals surface area (Å²) in [5.74, 6) is -1.28. The third kappa shape index (κ3) is 5.49. The van der Waals surface area contributed by atoms with Gasteiger partial charge in [0.05, 0.1) is 0 Å². The van der Waals surface area contributed by atoms with Crippen molar-refractivity contribution >= 4 is 11.8 Å². The van der Waals surface area contributed by atoms with Crippen LogP contribution in [0.1, 0.15) is 33.1 Å². The van der Waals surface area contributed by atoms with Crippen molar-refractivity contribution < 1.29 is 14.3 Å². The summed E-state index contributed by atoms with van der Waals surface area (Å²) in [6, 6.07) is 0. The normalized spacial score (nSPS) is 12.4. The maximum atomic E-state index is 11.6. The molecule has 0 spiro atoms. The van der Waals surface area contributed by atoms with Gasteiger partial charge in [-0.15, -0.1) is 0 Å². The van der Waals surface area contributed by atoms with E-state index in [1.165, 1.54) is 12.2 Å². The quantitative estimate of drug-likeness (QED) is 0.275. The van der Waals surface area contributed by atoms with E-state index in [1.807, 2.05) is 6.92 Å². The van der Waals surface area contributed by atoms with Crippen LogP contribution in [0.5, 0.6) is 0 Å². The number of unbranched alkanes of at least 4 members (excludes halogenated alkanes) is 1. The van der Waals surface area contributed by atoms with Crippen LogP contribution in [0.25, 0.3) is 0 Å². The molecule has 0 aromatic heterocycles. The van der Waals surface area contributed by atoms with Gasteiger partial charge in [0.1, 0.15) is 12.5 Å². The molecule has 16 heavy (non-hydrogen) atoms. The van der Waals surface area contributed by atoms with E-state index >= 15 is 0 Å². The second kappa shape index (κ2) is 8.89. The lowest BCUT2D eigenvalue weighted by atomic mass is 9.97. The third-order valence-corrected chi connectivity index (χ3v) is 2.15. The highest BCUT2D eigenvalue weighted by Crippen LogP contribution is 2.13. The Bertz CT molecular complexity index is 266. The van der Waals surface area contributed by atoms with Crippen LogP contribution in [0.15, 0.2) is 24.8 Å². The Morgan fingerprint density at radius 1 is 1.44 bits per heavy atom. The van der Waals surface area contributed by atoms with Gasteiger partial charge in [0.2, 0.25) is 0 Å². The van der Waals surface area contributed by atoms with Gasteiger partial charge in [-0.3, -0.25) is 9.59 Å². The molecule has 0 aromatic rings. The number of rotatable bonds is 8. The number of allylic oxidation sites excluding steroid dienone is 2. The van der Waals surface area contributed by atoms with Crippen molar-refractivity contribution in [1.29, 1.82) is 0 Å². The number of ether oxygens (including phenoxy) is 1. The Hall–Kier alpha value is -1.38. The van der Waals surface area contributed by atoms with Gasteiger partial charge in [-0.05, 0) is 19.4 Å². The van der Waals surface area contributed by atoms with Gasteiger partial charge in [-0.2, -0.15) is 0 Å². The summed E-state index contributed by atoms with van der Waals surface area (Å²) in [7, 11) is 0. The van der Waals surface area contributed by atoms with Crippen LogP contribution in [-0.2, 0) is 14.3 Å². The Labute approximate surface area is 97.2 Å². The van der Waals surface area contributed by atoms with E-state index in [2.05, 4.69) is 6.58 Å². The second-order valence-corrected chi connectivity index (χ2v) is 3.52. The molecule has 0 N–H and O–H groups in total. The molecule has 0 aliphatic rings. The molecule has 0 rings (SSSR count). The van der Waals surface area contributed by atoms with Gasteiger partial charge in [0.25, 0.3) is 0 Å². The minimum Gasteiger partial charge on any atom is -0.461 e. The summed E-state index contributed by atoms with van der Waals surface area (Å²) >= 11 is 0. The Morgan fingerprint density at radius 2 is 2.12 bits per heavy atom. The van der Waals surface area contributed by atoms with E-state index in [1.54, 1.807) is 13.0 Å². The van der Waals surface area contributed by atoms with Gasteiger partial charge < -0.3 is 4.74 Å². The van der Waals surface area contributed by atoms with Crippen molar-refractivity contribution in [3.63, 3.8) is 0 Å². The molecule has 0 saturated heterocycles. The first-order valence-corrected chi connectivity index (χ1v) is 5.61. The Kier molecular flexibility index (Phi) is 8.12. The van der Waals surface area contributed by atoms with E-state index in [9.17, 15) is 9.59 Å². The number of esters is 1. The number of hydrogen-bond acceptors (Lipinski definition) is 3. The maximum absolute atomic E-state index is 11.6. The zero-order valence-electron chi connectivity index (χ0n) is 10.1. The molecule has 0 aliphatic heterocycles. The summed E-state index contributed by atoms with van der Waals surface area (Å²) in [6.45, 7) is 7.39. The fourth-order valence-electron chi connectivity index (χ4n) is 1.31. The molecule has 0 radical (unpaired) electrons. The molecule has 0 fully saturated rings. The van der Waals surface area contributed by atoms with Crippen molar-refractivity contribution in [3.05, 3.63) is 24.8 Å². The molecule has 3 nitrogen and oxygen atoms in total. The fraction of sp³-hybridized carbons (Fsp3) is 0.538. The zero-order valence-corrected chi connectivity index (χ0v) is 10.1. The Morgan fingerprint density at radius 3 is 2.62 bits per heavy atom. The molecule has 0 bridgehead atoms. The largest absolute Gasteiger partial charge is 0.461 e. The minimum absolute atomic E-state index is 0.157. The first-order valence-electron chi connectivity index (χ1n) is 5.61. The van der Waals surface area contributed by atoms with Crippen molar-refractivity contribution in [2.75, 3.05) is 6.61 Å². The first-order chi connectivity index (χ1) is 7.67. The molecule has 0 aromatic carbocycles. The molecule has 1 unspecified atom stereocenters. The second-order valence-electron chi connectivity index (χ2n) is 3.52. The summed E-state index contributed by atoms with van der Waals surface area (Å²) in [4.78, 5) is 23.2. The fourth-order valence-corrected chi connectivity index (χ4v) is 1.31. The molecule has 3 heteroatoms. The Balaban J connectivity index is 4.45. The smallest absolute Gasteiger partial charge is 0.317 e. The molecule has 0 saturated carbocycles. The number of ketones is 1. The highest BCUT2D eigenvalue weighted by atomic mass is 16.5. The van der Waals surface area contributed by atoms with Crippen molar-refractivity contribution in [2.24, 2.45) is 5.92 Å². The average molecular weight is 224 g/mol. The first kappa shape index (κ1) is 14.6. The molecule has 90 valence electrons. The van der Waals surface area contributed by atoms with Crippen molar-refractivity contribution in [3.8, 4) is 0 Å². The summed E-state index contributed by atoms with van der Waals surface area (Å²) in [5.41, 5.74) is 0. The predicted octanol–water partition coefficient (Wildman–Crippen LogP) is 2.67. The van der Waals surface area contributed by atoms with Crippen LogP contribution in [0.3, 0.4) is 0 Å². The lowest BCUT2D eigenvalue weighted by molar-refractivity contribution is -0.150. The van der Waals surface area contributed by atoms with Crippen molar-refractivity contribution in [2.45, 2.75) is 33.1 Å². The topological polar surface area (TPSA) is 43.4 Å². The zero-order chi connectivity index (χ0) is 12.4. The van der Waals surface area contributed by atoms with Crippen LogP contribution in [0.4, 0.5) is 0 Å². The van der Waals surface area contributed by atoms with Gasteiger partial charge in [0, 0.05) is 0 Å². The lowest BCUT2D eigenvalue weighted by Crippen LogP contribution is -2.25. The number of carbonyl (C=O) groups excluding carboxylic acids is 2. The minimum atomic E-state index is -0.656. The number of carbonyl (C=O) groups is 2. The van der Waals surface area contributed by atoms with Crippen LogP contribution in [-0.4, -0.2) is 18.4 Å². The summed E-state index contributed by atoms with van der Waals surface area (Å²) in [5, 5.41) is 0. The predicted molar refractivity (Wildman–Crippen MR) is 64.0 cm³/mol. The molecular weight excluding hydrogens is 204 g/mol. The summed E-state index contributed by atoms with van der Waals surface area (Å²) < 4.78 is 4.91. The maximum Gasteiger partial charge on any atom is 0.317 e. The molecule has 0 amide bonds. The molecule has 1 atom stereocenters. The van der Waals surface area contributed by atoms with E-state index in [-0.39, 0.29) is 12.4 Å². The van der Waals surface area contributed by atoms with Gasteiger partial charge in [-0.25, -0.2) is 0 Å².